The van der Waals surface area contributed by atoms with E-state index in [0.717, 1.165) is 37.6 Å². The highest BCUT2D eigenvalue weighted by Gasteiger charge is 2.31. The minimum absolute atomic E-state index is 0.0866. The molecule has 0 spiro atoms. The Morgan fingerprint density at radius 3 is 2.65 bits per heavy atom. The molecule has 9 heteroatoms. The lowest BCUT2D eigenvalue weighted by Crippen LogP contribution is -2.52. The lowest BCUT2D eigenvalue weighted by atomic mass is 10.1. The summed E-state index contributed by atoms with van der Waals surface area (Å²) in [5.74, 6) is 1.68. The summed E-state index contributed by atoms with van der Waals surface area (Å²) < 4.78 is 34.9. The van der Waals surface area contributed by atoms with Crippen molar-refractivity contribution in [2.75, 3.05) is 30.8 Å². The highest BCUT2D eigenvalue weighted by molar-refractivity contribution is 5.67. The third-order valence-electron chi connectivity index (χ3n) is 4.57. The predicted octanol–water partition coefficient (Wildman–Crippen LogP) is 2.43. The van der Waals surface area contributed by atoms with E-state index in [1.165, 1.54) is 12.3 Å². The number of halogens is 2. The number of pyridine rings is 1. The molecule has 0 atom stereocenters. The van der Waals surface area contributed by atoms with E-state index in [2.05, 4.69) is 24.6 Å². The molecule has 3 heterocycles. The molecule has 0 amide bonds. The molecule has 2 fully saturated rings. The molecule has 1 aliphatic carbocycles. The zero-order chi connectivity index (χ0) is 18.3. The lowest BCUT2D eigenvalue weighted by Gasteiger charge is -2.39. The van der Waals surface area contributed by atoms with Gasteiger partial charge in [-0.3, -0.25) is 0 Å². The Kier molecular flexibility index (Phi) is 4.31. The highest BCUT2D eigenvalue weighted by Crippen LogP contribution is 2.40. The summed E-state index contributed by atoms with van der Waals surface area (Å²) in [6, 6.07) is 3.27. The van der Waals surface area contributed by atoms with Gasteiger partial charge in [-0.1, -0.05) is 0 Å². The summed E-state index contributed by atoms with van der Waals surface area (Å²) in [5, 5.41) is 0. The monoisotopic (exact) mass is 363 g/mol. The number of anilines is 2. The third-order valence-corrected chi connectivity index (χ3v) is 4.57. The third kappa shape index (κ3) is 3.39. The highest BCUT2D eigenvalue weighted by atomic mass is 19.3. The first-order chi connectivity index (χ1) is 12.5. The van der Waals surface area contributed by atoms with Gasteiger partial charge in [-0.25, -0.2) is 15.0 Å². The maximum absolute atomic E-state index is 12.6. The van der Waals surface area contributed by atoms with Gasteiger partial charge >= 0.3 is 6.61 Å². The van der Waals surface area contributed by atoms with Crippen LogP contribution >= 0.6 is 0 Å². The Labute approximate surface area is 149 Å². The number of hydrogen-bond acceptors (Lipinski definition) is 7. The first kappa shape index (κ1) is 16.9. The van der Waals surface area contributed by atoms with Gasteiger partial charge in [0, 0.05) is 43.9 Å². The van der Waals surface area contributed by atoms with Crippen molar-refractivity contribution in [3.8, 4) is 17.0 Å². The van der Waals surface area contributed by atoms with Crippen LogP contribution in [0.3, 0.4) is 0 Å². The van der Waals surface area contributed by atoms with Crippen LogP contribution in [0.1, 0.15) is 24.6 Å². The fourth-order valence-corrected chi connectivity index (χ4v) is 2.85. The van der Waals surface area contributed by atoms with E-state index in [0.29, 0.717) is 17.2 Å². The van der Waals surface area contributed by atoms with Crippen molar-refractivity contribution >= 4 is 11.6 Å². The molecule has 2 aliphatic rings. The summed E-state index contributed by atoms with van der Waals surface area (Å²) in [7, 11) is 1.69. The van der Waals surface area contributed by atoms with E-state index in [-0.39, 0.29) is 17.7 Å². The van der Waals surface area contributed by atoms with Gasteiger partial charge in [0.05, 0.1) is 11.8 Å². The van der Waals surface area contributed by atoms with E-state index in [1.807, 2.05) is 6.07 Å². The molecule has 2 N–H and O–H groups in total. The SMILES string of the molecule is COC1CN(c2cc(-c3cnc(N)c(OC(F)F)c3)nc(C3CC3)n2)C1. The van der Waals surface area contributed by atoms with Gasteiger partial charge in [-0.05, 0) is 18.9 Å². The van der Waals surface area contributed by atoms with Gasteiger partial charge < -0.3 is 20.1 Å². The molecule has 1 saturated carbocycles. The van der Waals surface area contributed by atoms with Crippen molar-refractivity contribution in [2.24, 2.45) is 0 Å². The van der Waals surface area contributed by atoms with E-state index >= 15 is 0 Å². The van der Waals surface area contributed by atoms with Gasteiger partial charge in [0.1, 0.15) is 11.6 Å². The molecule has 2 aromatic rings. The van der Waals surface area contributed by atoms with E-state index in [4.69, 9.17) is 10.5 Å². The Bertz CT molecular complexity index is 810. The standard InChI is InChI=1S/C17H19F2N5O2/c1-25-11-7-24(8-11)14-5-12(22-16(23-14)9-2-3-9)10-4-13(26-17(18)19)15(20)21-6-10/h4-6,9,11,17H,2-3,7-8H2,1H3,(H2,20,21). The van der Waals surface area contributed by atoms with E-state index in [9.17, 15) is 8.78 Å². The summed E-state index contributed by atoms with van der Waals surface area (Å²) >= 11 is 0. The first-order valence-corrected chi connectivity index (χ1v) is 8.41. The molecule has 26 heavy (non-hydrogen) atoms. The summed E-state index contributed by atoms with van der Waals surface area (Å²) in [6.07, 6.45) is 3.82. The van der Waals surface area contributed by atoms with Crippen molar-refractivity contribution in [2.45, 2.75) is 31.5 Å². The summed E-state index contributed by atoms with van der Waals surface area (Å²) in [5.41, 5.74) is 6.79. The van der Waals surface area contributed by atoms with Crippen molar-refractivity contribution in [1.82, 2.24) is 15.0 Å². The zero-order valence-corrected chi connectivity index (χ0v) is 14.2. The number of rotatable bonds is 6. The van der Waals surface area contributed by atoms with Crippen LogP contribution in [-0.4, -0.2) is 47.9 Å². The fraction of sp³-hybridized carbons (Fsp3) is 0.471. The van der Waals surface area contributed by atoms with Crippen LogP contribution in [-0.2, 0) is 4.74 Å². The Morgan fingerprint density at radius 1 is 1.23 bits per heavy atom. The zero-order valence-electron chi connectivity index (χ0n) is 14.2. The Morgan fingerprint density at radius 2 is 2.00 bits per heavy atom. The van der Waals surface area contributed by atoms with Crippen molar-refractivity contribution in [1.29, 1.82) is 0 Å². The van der Waals surface area contributed by atoms with E-state index < -0.39 is 6.61 Å². The van der Waals surface area contributed by atoms with Crippen LogP contribution in [0, 0.1) is 0 Å². The number of methoxy groups -OCH3 is 1. The van der Waals surface area contributed by atoms with Crippen LogP contribution in [0.5, 0.6) is 5.75 Å². The average molecular weight is 363 g/mol. The van der Waals surface area contributed by atoms with Gasteiger partial charge in [-0.2, -0.15) is 8.78 Å². The molecule has 1 saturated heterocycles. The molecule has 2 aromatic heterocycles. The number of alkyl halides is 2. The number of hydrogen-bond donors (Lipinski definition) is 1. The predicted molar refractivity (Wildman–Crippen MR) is 91.3 cm³/mol. The summed E-state index contributed by atoms with van der Waals surface area (Å²) in [6.45, 7) is -1.45. The average Bonchev–Trinajstić information content (AvgIpc) is 3.40. The molecular weight excluding hydrogens is 344 g/mol. The molecule has 1 aliphatic heterocycles. The van der Waals surface area contributed by atoms with Crippen LogP contribution in [0.25, 0.3) is 11.3 Å². The van der Waals surface area contributed by atoms with Crippen molar-refractivity contribution < 1.29 is 18.3 Å². The maximum atomic E-state index is 12.6. The second kappa shape index (κ2) is 6.64. The number of ether oxygens (including phenoxy) is 2. The van der Waals surface area contributed by atoms with Crippen LogP contribution in [0.2, 0.25) is 0 Å². The normalized spacial score (nSPS) is 17.5. The maximum Gasteiger partial charge on any atom is 0.387 e. The second-order valence-electron chi connectivity index (χ2n) is 6.49. The van der Waals surface area contributed by atoms with Gasteiger partial charge in [-0.15, -0.1) is 0 Å². The number of nitrogens with zero attached hydrogens (tertiary/aromatic N) is 4. The fourth-order valence-electron chi connectivity index (χ4n) is 2.85. The minimum atomic E-state index is -2.97. The van der Waals surface area contributed by atoms with Gasteiger partial charge in [0.25, 0.3) is 0 Å². The van der Waals surface area contributed by atoms with Crippen molar-refractivity contribution in [3.05, 3.63) is 24.2 Å². The Balaban J connectivity index is 1.68. The molecule has 0 bridgehead atoms. The van der Waals surface area contributed by atoms with Crippen LogP contribution < -0.4 is 15.4 Å². The van der Waals surface area contributed by atoms with Crippen LogP contribution in [0.4, 0.5) is 20.4 Å². The topological polar surface area (TPSA) is 86.4 Å². The summed E-state index contributed by atoms with van der Waals surface area (Å²) in [4.78, 5) is 15.3. The molecule has 0 radical (unpaired) electrons. The number of nitrogen functional groups attached to an aromatic ring is 1. The van der Waals surface area contributed by atoms with Crippen molar-refractivity contribution in [3.63, 3.8) is 0 Å². The lowest BCUT2D eigenvalue weighted by molar-refractivity contribution is -0.0494. The largest absolute Gasteiger partial charge is 0.431 e. The molecule has 0 unspecified atom stereocenters. The van der Waals surface area contributed by atoms with Crippen LogP contribution in [0.15, 0.2) is 18.3 Å². The number of aromatic nitrogens is 3. The number of nitrogens with two attached hydrogens (primary N) is 1. The Hall–Kier alpha value is -2.55. The minimum Gasteiger partial charge on any atom is -0.431 e. The van der Waals surface area contributed by atoms with E-state index in [1.54, 1.807) is 7.11 Å². The second-order valence-corrected chi connectivity index (χ2v) is 6.49. The first-order valence-electron chi connectivity index (χ1n) is 8.41. The quantitative estimate of drug-likeness (QED) is 0.843. The molecule has 0 aromatic carbocycles. The molecule has 7 nitrogen and oxygen atoms in total. The molecular formula is C17H19F2N5O2. The smallest absolute Gasteiger partial charge is 0.387 e. The molecule has 138 valence electrons. The van der Waals surface area contributed by atoms with Gasteiger partial charge in [0.2, 0.25) is 0 Å². The van der Waals surface area contributed by atoms with Gasteiger partial charge in [0.15, 0.2) is 11.6 Å². The molecule has 4 rings (SSSR count).